The summed E-state index contributed by atoms with van der Waals surface area (Å²) >= 11 is 0. The lowest BCUT2D eigenvalue weighted by Gasteiger charge is -2.10. The van der Waals surface area contributed by atoms with Gasteiger partial charge in [0.1, 0.15) is 5.82 Å². The predicted octanol–water partition coefficient (Wildman–Crippen LogP) is 3.31. The van der Waals surface area contributed by atoms with Gasteiger partial charge in [-0.3, -0.25) is 0 Å². The number of benzene rings is 1. The zero-order valence-electron chi connectivity index (χ0n) is 8.35. The molecule has 1 aromatic carbocycles. The Hall–Kier alpha value is -2.05. The fourth-order valence-corrected chi connectivity index (χ4v) is 1.26. The number of anilines is 2. The van der Waals surface area contributed by atoms with E-state index in [0.29, 0.717) is 12.1 Å². The molecule has 0 aliphatic carbocycles. The molecule has 7 heteroatoms. The third-order valence-electron chi connectivity index (χ3n) is 2.04. The normalized spacial score (nSPS) is 11.5. The number of rotatable bonds is 2. The lowest BCUT2D eigenvalue weighted by Crippen LogP contribution is -2.06. The Kier molecular flexibility index (Phi) is 2.74. The van der Waals surface area contributed by atoms with Crippen LogP contribution in [0.1, 0.15) is 5.56 Å². The molecule has 0 saturated heterocycles. The molecule has 17 heavy (non-hydrogen) atoms. The zero-order chi connectivity index (χ0) is 12.5. The summed E-state index contributed by atoms with van der Waals surface area (Å²) in [5, 5.41) is 2.42. The highest BCUT2D eigenvalue weighted by Gasteiger charge is 2.31. The standard InChI is InChI=1S/C10H7F4N3/c11-7-2-1-6(10(12,13)14)5-8(7)17-9-15-3-4-16-9/h1-5H,(H2,15,16,17). The smallest absolute Gasteiger partial charge is 0.331 e. The minimum Gasteiger partial charge on any atom is -0.331 e. The highest BCUT2D eigenvalue weighted by molar-refractivity contribution is 5.55. The van der Waals surface area contributed by atoms with Crippen LogP contribution in [-0.2, 0) is 6.18 Å². The first-order valence-corrected chi connectivity index (χ1v) is 4.60. The summed E-state index contributed by atoms with van der Waals surface area (Å²) in [6.45, 7) is 0. The lowest BCUT2D eigenvalue weighted by atomic mass is 10.2. The van der Waals surface area contributed by atoms with E-state index in [1.54, 1.807) is 0 Å². The SMILES string of the molecule is Fc1ccc(C(F)(F)F)cc1Nc1ncc[nH]1. The van der Waals surface area contributed by atoms with Gasteiger partial charge in [0.25, 0.3) is 0 Å². The molecule has 1 aromatic heterocycles. The van der Waals surface area contributed by atoms with E-state index in [1.807, 2.05) is 0 Å². The van der Waals surface area contributed by atoms with Crippen LogP contribution < -0.4 is 5.32 Å². The van der Waals surface area contributed by atoms with Gasteiger partial charge in [-0.05, 0) is 18.2 Å². The fourth-order valence-electron chi connectivity index (χ4n) is 1.26. The van der Waals surface area contributed by atoms with Crippen LogP contribution in [0, 0.1) is 5.82 Å². The molecule has 90 valence electrons. The van der Waals surface area contributed by atoms with E-state index < -0.39 is 17.6 Å². The van der Waals surface area contributed by atoms with Gasteiger partial charge in [0.15, 0.2) is 0 Å². The second-order valence-corrected chi connectivity index (χ2v) is 3.26. The van der Waals surface area contributed by atoms with Crippen LogP contribution in [0.3, 0.4) is 0 Å². The van der Waals surface area contributed by atoms with Crippen LogP contribution in [0.15, 0.2) is 30.6 Å². The van der Waals surface area contributed by atoms with Gasteiger partial charge in [-0.1, -0.05) is 0 Å². The zero-order valence-corrected chi connectivity index (χ0v) is 8.35. The van der Waals surface area contributed by atoms with Gasteiger partial charge in [0.05, 0.1) is 11.3 Å². The topological polar surface area (TPSA) is 40.7 Å². The summed E-state index contributed by atoms with van der Waals surface area (Å²) in [7, 11) is 0. The van der Waals surface area contributed by atoms with Crippen LogP contribution in [0.4, 0.5) is 29.2 Å². The van der Waals surface area contributed by atoms with Gasteiger partial charge in [0, 0.05) is 12.4 Å². The molecular formula is C10H7F4N3. The van der Waals surface area contributed by atoms with Crippen LogP contribution in [0.25, 0.3) is 0 Å². The number of aromatic nitrogens is 2. The van der Waals surface area contributed by atoms with Crippen molar-refractivity contribution in [3.8, 4) is 0 Å². The summed E-state index contributed by atoms with van der Waals surface area (Å²) in [4.78, 5) is 6.33. The van der Waals surface area contributed by atoms with E-state index in [9.17, 15) is 17.6 Å². The lowest BCUT2D eigenvalue weighted by molar-refractivity contribution is -0.137. The van der Waals surface area contributed by atoms with Crippen molar-refractivity contribution in [3.05, 3.63) is 42.0 Å². The Balaban J connectivity index is 2.33. The average Bonchev–Trinajstić information content (AvgIpc) is 2.72. The van der Waals surface area contributed by atoms with Crippen molar-refractivity contribution < 1.29 is 17.6 Å². The molecule has 0 fully saturated rings. The van der Waals surface area contributed by atoms with Crippen LogP contribution in [0.5, 0.6) is 0 Å². The van der Waals surface area contributed by atoms with Gasteiger partial charge in [0.2, 0.25) is 5.95 Å². The number of H-pyrrole nitrogens is 1. The number of hydrogen-bond acceptors (Lipinski definition) is 2. The number of alkyl halides is 3. The summed E-state index contributed by atoms with van der Waals surface area (Å²) in [6, 6.07) is 2.13. The molecule has 0 aliphatic heterocycles. The summed E-state index contributed by atoms with van der Waals surface area (Å²) in [5.74, 6) is -0.613. The van der Waals surface area contributed by atoms with Gasteiger partial charge in [-0.15, -0.1) is 0 Å². The number of aromatic amines is 1. The summed E-state index contributed by atoms with van der Waals surface area (Å²) in [6.07, 6.45) is -1.64. The molecule has 0 atom stereocenters. The molecule has 0 bridgehead atoms. The quantitative estimate of drug-likeness (QED) is 0.797. The molecule has 0 amide bonds. The molecule has 0 saturated carbocycles. The first kappa shape index (κ1) is 11.4. The van der Waals surface area contributed by atoms with E-state index in [4.69, 9.17) is 0 Å². The Morgan fingerprint density at radius 1 is 1.24 bits per heavy atom. The second kappa shape index (κ2) is 4.08. The number of nitrogens with zero attached hydrogens (tertiary/aromatic N) is 1. The first-order chi connectivity index (χ1) is 7.97. The number of nitrogens with one attached hydrogen (secondary N) is 2. The minimum absolute atomic E-state index is 0.170. The minimum atomic E-state index is -4.51. The van der Waals surface area contributed by atoms with Crippen molar-refractivity contribution in [2.45, 2.75) is 6.18 Å². The van der Waals surface area contributed by atoms with E-state index >= 15 is 0 Å². The highest BCUT2D eigenvalue weighted by Crippen LogP contribution is 2.32. The summed E-state index contributed by atoms with van der Waals surface area (Å²) < 4.78 is 50.5. The molecule has 0 aliphatic rings. The second-order valence-electron chi connectivity index (χ2n) is 3.26. The van der Waals surface area contributed by atoms with E-state index in [1.165, 1.54) is 12.4 Å². The van der Waals surface area contributed by atoms with Gasteiger partial charge < -0.3 is 10.3 Å². The van der Waals surface area contributed by atoms with E-state index in [-0.39, 0.29) is 11.6 Å². The maximum absolute atomic E-state index is 13.3. The maximum Gasteiger partial charge on any atom is 0.416 e. The van der Waals surface area contributed by atoms with Crippen LogP contribution in [0.2, 0.25) is 0 Å². The molecule has 0 spiro atoms. The number of hydrogen-bond donors (Lipinski definition) is 2. The van der Waals surface area contributed by atoms with Crippen molar-refractivity contribution in [3.63, 3.8) is 0 Å². The molecule has 2 N–H and O–H groups in total. The van der Waals surface area contributed by atoms with Gasteiger partial charge >= 0.3 is 6.18 Å². The van der Waals surface area contributed by atoms with Gasteiger partial charge in [-0.2, -0.15) is 13.2 Å². The van der Waals surface area contributed by atoms with E-state index in [0.717, 1.165) is 6.07 Å². The van der Waals surface area contributed by atoms with Crippen LogP contribution in [-0.4, -0.2) is 9.97 Å². The monoisotopic (exact) mass is 245 g/mol. The Labute approximate surface area is 93.5 Å². The third-order valence-corrected chi connectivity index (χ3v) is 2.04. The predicted molar refractivity (Wildman–Crippen MR) is 53.3 cm³/mol. The Morgan fingerprint density at radius 3 is 2.59 bits per heavy atom. The van der Waals surface area contributed by atoms with Crippen molar-refractivity contribution in [1.29, 1.82) is 0 Å². The first-order valence-electron chi connectivity index (χ1n) is 4.60. The molecule has 2 rings (SSSR count). The Bertz CT molecular complexity index is 505. The van der Waals surface area contributed by atoms with Crippen molar-refractivity contribution in [2.75, 3.05) is 5.32 Å². The average molecular weight is 245 g/mol. The third kappa shape index (κ3) is 2.55. The molecule has 1 heterocycles. The van der Waals surface area contributed by atoms with E-state index in [2.05, 4.69) is 15.3 Å². The van der Waals surface area contributed by atoms with Crippen molar-refractivity contribution in [2.24, 2.45) is 0 Å². The van der Waals surface area contributed by atoms with Crippen LogP contribution >= 0.6 is 0 Å². The summed E-state index contributed by atoms with van der Waals surface area (Å²) in [5.41, 5.74) is -1.21. The molecule has 3 nitrogen and oxygen atoms in total. The Morgan fingerprint density at radius 2 is 2.00 bits per heavy atom. The maximum atomic E-state index is 13.3. The number of imidazole rings is 1. The highest BCUT2D eigenvalue weighted by atomic mass is 19.4. The fraction of sp³-hybridized carbons (Fsp3) is 0.100. The molecule has 0 radical (unpaired) electrons. The molecule has 0 unspecified atom stereocenters. The number of halogens is 4. The molecule has 2 aromatic rings. The van der Waals surface area contributed by atoms with Crippen molar-refractivity contribution in [1.82, 2.24) is 9.97 Å². The van der Waals surface area contributed by atoms with Crippen molar-refractivity contribution >= 4 is 11.6 Å². The largest absolute Gasteiger partial charge is 0.416 e. The van der Waals surface area contributed by atoms with Gasteiger partial charge in [-0.25, -0.2) is 9.37 Å². The molecular weight excluding hydrogens is 238 g/mol.